The number of hydrogen-bond donors (Lipinski definition) is 1. The van der Waals surface area contributed by atoms with E-state index < -0.39 is 34.4 Å². The number of benzene rings is 2. The summed E-state index contributed by atoms with van der Waals surface area (Å²) < 4.78 is 41.0. The van der Waals surface area contributed by atoms with Crippen LogP contribution in [-0.4, -0.2) is 42.9 Å². The van der Waals surface area contributed by atoms with Gasteiger partial charge in [-0.3, -0.25) is 4.79 Å². The maximum Gasteiger partial charge on any atom is 0.338 e. The number of rotatable bonds is 6. The lowest BCUT2D eigenvalue weighted by Crippen LogP contribution is -2.51. The lowest BCUT2D eigenvalue weighted by atomic mass is 9.72. The van der Waals surface area contributed by atoms with Crippen molar-refractivity contribution in [1.29, 1.82) is 0 Å². The standard InChI is InChI=1S/C23H23ClF2O5/c1-3-23(29,22(26)8-10-31-11-9-22)15-12-17(21(28)30-2)19(18(25)13-15)20(27)14-4-6-16(24)7-5-14/h4-7,12-13,29H,3,8-11H2,1-2H3/t23-/m1/s1. The van der Waals surface area contributed by atoms with Crippen LogP contribution in [0.25, 0.3) is 0 Å². The Morgan fingerprint density at radius 2 is 1.84 bits per heavy atom. The highest BCUT2D eigenvalue weighted by atomic mass is 35.5. The zero-order valence-electron chi connectivity index (χ0n) is 17.2. The number of methoxy groups -OCH3 is 1. The van der Waals surface area contributed by atoms with Gasteiger partial charge in [0.15, 0.2) is 5.78 Å². The first-order chi connectivity index (χ1) is 14.7. The van der Waals surface area contributed by atoms with Crippen molar-refractivity contribution in [2.24, 2.45) is 0 Å². The summed E-state index contributed by atoms with van der Waals surface area (Å²) >= 11 is 5.84. The molecular formula is C23H23ClF2O5. The molecular weight excluding hydrogens is 430 g/mol. The molecule has 2 aromatic carbocycles. The van der Waals surface area contributed by atoms with E-state index in [2.05, 4.69) is 0 Å². The molecule has 0 saturated carbocycles. The second-order valence-electron chi connectivity index (χ2n) is 7.50. The topological polar surface area (TPSA) is 72.8 Å². The van der Waals surface area contributed by atoms with Crippen molar-refractivity contribution in [2.75, 3.05) is 20.3 Å². The van der Waals surface area contributed by atoms with Gasteiger partial charge in [0, 0.05) is 36.6 Å². The highest BCUT2D eigenvalue weighted by Crippen LogP contribution is 2.46. The molecule has 1 saturated heterocycles. The first kappa shape index (κ1) is 23.3. The normalized spacial score (nSPS) is 17.6. The highest BCUT2D eigenvalue weighted by molar-refractivity contribution is 6.30. The molecule has 0 aromatic heterocycles. The summed E-state index contributed by atoms with van der Waals surface area (Å²) in [5.74, 6) is -2.79. The smallest absolute Gasteiger partial charge is 0.338 e. The molecule has 0 spiro atoms. The lowest BCUT2D eigenvalue weighted by molar-refractivity contribution is -0.155. The van der Waals surface area contributed by atoms with Crippen LogP contribution >= 0.6 is 11.6 Å². The number of esters is 1. The minimum Gasteiger partial charge on any atom is -0.465 e. The molecule has 5 nitrogen and oxygen atoms in total. The Labute approximate surface area is 183 Å². The van der Waals surface area contributed by atoms with Crippen LogP contribution in [0.4, 0.5) is 8.78 Å². The van der Waals surface area contributed by atoms with Crippen LogP contribution in [0.15, 0.2) is 36.4 Å². The Bertz CT molecular complexity index is 986. The Morgan fingerprint density at radius 3 is 2.39 bits per heavy atom. The molecule has 0 unspecified atom stereocenters. The Kier molecular flexibility index (Phi) is 6.79. The Balaban J connectivity index is 2.17. The average molecular weight is 453 g/mol. The maximum absolute atomic E-state index is 15.8. The average Bonchev–Trinajstić information content (AvgIpc) is 2.77. The fourth-order valence-electron chi connectivity index (χ4n) is 3.98. The third-order valence-electron chi connectivity index (χ3n) is 5.84. The van der Waals surface area contributed by atoms with Crippen molar-refractivity contribution >= 4 is 23.4 Å². The number of ketones is 1. The van der Waals surface area contributed by atoms with E-state index >= 15 is 8.78 Å². The van der Waals surface area contributed by atoms with Gasteiger partial charge in [-0.2, -0.15) is 0 Å². The van der Waals surface area contributed by atoms with Crippen molar-refractivity contribution in [2.45, 2.75) is 37.5 Å². The quantitative estimate of drug-likeness (QED) is 0.511. The minimum absolute atomic E-state index is 0.0754. The third-order valence-corrected chi connectivity index (χ3v) is 6.10. The van der Waals surface area contributed by atoms with Crippen molar-refractivity contribution in [1.82, 2.24) is 0 Å². The molecule has 0 bridgehead atoms. The van der Waals surface area contributed by atoms with Gasteiger partial charge in [0.2, 0.25) is 0 Å². The third kappa shape index (κ3) is 4.22. The van der Waals surface area contributed by atoms with Gasteiger partial charge >= 0.3 is 5.97 Å². The second kappa shape index (κ2) is 9.02. The predicted molar refractivity (Wildman–Crippen MR) is 111 cm³/mol. The molecule has 1 heterocycles. The fraction of sp³-hybridized carbons (Fsp3) is 0.391. The summed E-state index contributed by atoms with van der Waals surface area (Å²) in [6.45, 7) is 1.79. The molecule has 1 fully saturated rings. The predicted octanol–water partition coefficient (Wildman–Crippen LogP) is 4.61. The van der Waals surface area contributed by atoms with Crippen LogP contribution in [0.2, 0.25) is 5.02 Å². The van der Waals surface area contributed by atoms with Crippen molar-refractivity contribution in [3.05, 3.63) is 69.5 Å². The largest absolute Gasteiger partial charge is 0.465 e. The maximum atomic E-state index is 15.8. The summed E-state index contributed by atoms with van der Waals surface area (Å²) in [7, 11) is 1.09. The van der Waals surface area contributed by atoms with E-state index in [1.807, 2.05) is 0 Å². The number of alkyl halides is 1. The van der Waals surface area contributed by atoms with E-state index in [-0.39, 0.29) is 49.2 Å². The van der Waals surface area contributed by atoms with Gasteiger partial charge in [-0.25, -0.2) is 13.6 Å². The van der Waals surface area contributed by atoms with Gasteiger partial charge in [-0.1, -0.05) is 18.5 Å². The van der Waals surface area contributed by atoms with Crippen LogP contribution in [0.1, 0.15) is 58.0 Å². The van der Waals surface area contributed by atoms with E-state index in [1.54, 1.807) is 6.92 Å². The minimum atomic E-state index is -2.08. The van der Waals surface area contributed by atoms with Crippen LogP contribution in [0.3, 0.4) is 0 Å². The molecule has 0 aliphatic carbocycles. The second-order valence-corrected chi connectivity index (χ2v) is 7.94. The van der Waals surface area contributed by atoms with E-state index in [0.29, 0.717) is 5.02 Å². The van der Waals surface area contributed by atoms with E-state index in [4.69, 9.17) is 21.1 Å². The molecule has 1 N–H and O–H groups in total. The van der Waals surface area contributed by atoms with E-state index in [9.17, 15) is 14.7 Å². The van der Waals surface area contributed by atoms with Crippen LogP contribution in [0, 0.1) is 5.82 Å². The van der Waals surface area contributed by atoms with Gasteiger partial charge in [-0.15, -0.1) is 0 Å². The Morgan fingerprint density at radius 1 is 1.23 bits per heavy atom. The molecule has 1 aliphatic heterocycles. The first-order valence-corrected chi connectivity index (χ1v) is 10.3. The fourth-order valence-corrected chi connectivity index (χ4v) is 4.11. The zero-order valence-corrected chi connectivity index (χ0v) is 18.0. The van der Waals surface area contributed by atoms with Gasteiger partial charge in [-0.05, 0) is 48.4 Å². The summed E-state index contributed by atoms with van der Waals surface area (Å²) in [6, 6.07) is 7.79. The van der Waals surface area contributed by atoms with E-state index in [1.165, 1.54) is 24.3 Å². The van der Waals surface area contributed by atoms with Crippen molar-refractivity contribution < 1.29 is 33.0 Å². The SMILES string of the molecule is CC[C@@](O)(c1cc(F)c(C(=O)c2ccc(Cl)cc2)c(C(=O)OC)c1)C1(F)CCOCC1. The molecule has 8 heteroatoms. The summed E-state index contributed by atoms with van der Waals surface area (Å²) in [4.78, 5) is 25.4. The number of hydrogen-bond acceptors (Lipinski definition) is 5. The molecule has 0 amide bonds. The summed E-state index contributed by atoms with van der Waals surface area (Å²) in [6.07, 6.45) is -0.246. The van der Waals surface area contributed by atoms with Crippen LogP contribution in [0.5, 0.6) is 0 Å². The molecule has 1 atom stereocenters. The van der Waals surface area contributed by atoms with Crippen molar-refractivity contribution in [3.8, 4) is 0 Å². The molecule has 31 heavy (non-hydrogen) atoms. The summed E-state index contributed by atoms with van der Waals surface area (Å²) in [5, 5.41) is 11.7. The molecule has 1 aliphatic rings. The lowest BCUT2D eigenvalue weighted by Gasteiger charge is -2.43. The number of aliphatic hydroxyl groups is 1. The first-order valence-electron chi connectivity index (χ1n) is 9.88. The van der Waals surface area contributed by atoms with Crippen molar-refractivity contribution in [3.63, 3.8) is 0 Å². The van der Waals surface area contributed by atoms with Crippen LogP contribution < -0.4 is 0 Å². The summed E-state index contributed by atoms with van der Waals surface area (Å²) in [5.41, 5.74) is -5.09. The molecule has 2 aromatic rings. The number of halogens is 3. The zero-order chi connectivity index (χ0) is 22.8. The van der Waals surface area contributed by atoms with Crippen LogP contribution in [-0.2, 0) is 15.1 Å². The molecule has 3 rings (SSSR count). The number of carbonyl (C=O) groups is 2. The molecule has 0 radical (unpaired) electrons. The number of carbonyl (C=O) groups excluding carboxylic acids is 2. The highest BCUT2D eigenvalue weighted by Gasteiger charge is 2.52. The van der Waals surface area contributed by atoms with Gasteiger partial charge < -0.3 is 14.6 Å². The Hall–Kier alpha value is -2.35. The monoisotopic (exact) mass is 452 g/mol. The van der Waals surface area contributed by atoms with E-state index in [0.717, 1.165) is 19.2 Å². The molecule has 166 valence electrons. The number of ether oxygens (including phenoxy) is 2. The van der Waals surface area contributed by atoms with Gasteiger partial charge in [0.05, 0.1) is 18.2 Å². The van der Waals surface area contributed by atoms with Gasteiger partial charge in [0.25, 0.3) is 0 Å². The van der Waals surface area contributed by atoms with Gasteiger partial charge in [0.1, 0.15) is 17.1 Å².